The summed E-state index contributed by atoms with van der Waals surface area (Å²) in [6, 6.07) is 6.83. The Balaban J connectivity index is 0.00000128. The Morgan fingerprint density at radius 3 is 2.81 bits per heavy atom. The second-order valence-corrected chi connectivity index (χ2v) is 3.71. The van der Waals surface area contributed by atoms with Crippen LogP contribution in [0.4, 0.5) is 5.69 Å². The van der Waals surface area contributed by atoms with Crippen LogP contribution in [0.1, 0.15) is 10.4 Å². The number of alkyl halides is 1. The predicted molar refractivity (Wildman–Crippen MR) is 63.8 cm³/mol. The quantitative estimate of drug-likeness (QED) is 0.467. The van der Waals surface area contributed by atoms with Crippen molar-refractivity contribution in [1.82, 2.24) is 4.98 Å². The molecule has 0 radical (unpaired) electrons. The van der Waals surface area contributed by atoms with Gasteiger partial charge in [0, 0.05) is 42.9 Å². The summed E-state index contributed by atoms with van der Waals surface area (Å²) in [6.45, 7) is 0. The third kappa shape index (κ3) is 2.65. The van der Waals surface area contributed by atoms with Crippen molar-refractivity contribution in [3.63, 3.8) is 0 Å². The van der Waals surface area contributed by atoms with E-state index in [4.69, 9.17) is 5.73 Å². The first-order valence-electron chi connectivity index (χ1n) is 4.42. The van der Waals surface area contributed by atoms with E-state index in [9.17, 15) is 4.79 Å². The SMILES string of the molecule is [NH-]c1ccnc2ccc(C(=O)CBr)cc12.[U]. The summed E-state index contributed by atoms with van der Waals surface area (Å²) in [7, 11) is 0. The van der Waals surface area contributed by atoms with Gasteiger partial charge < -0.3 is 5.73 Å². The first kappa shape index (κ1) is 13.7. The van der Waals surface area contributed by atoms with Gasteiger partial charge in [-0.15, -0.1) is 5.69 Å². The number of carbonyl (C=O) groups is 1. The van der Waals surface area contributed by atoms with Gasteiger partial charge in [-0.1, -0.05) is 22.0 Å². The molecule has 0 unspecified atom stereocenters. The fourth-order valence-corrected chi connectivity index (χ4v) is 1.72. The van der Waals surface area contributed by atoms with E-state index < -0.39 is 0 Å². The smallest absolute Gasteiger partial charge is 0.173 e. The molecule has 3 nitrogen and oxygen atoms in total. The second kappa shape index (κ2) is 5.81. The van der Waals surface area contributed by atoms with E-state index in [2.05, 4.69) is 20.9 Å². The summed E-state index contributed by atoms with van der Waals surface area (Å²) < 4.78 is 0. The first-order valence-corrected chi connectivity index (χ1v) is 5.54. The molecule has 1 aromatic carbocycles. The summed E-state index contributed by atoms with van der Waals surface area (Å²) in [6.07, 6.45) is 1.59. The number of rotatable bonds is 2. The monoisotopic (exact) mass is 501 g/mol. The van der Waals surface area contributed by atoms with E-state index in [-0.39, 0.29) is 36.9 Å². The fourth-order valence-electron chi connectivity index (χ4n) is 1.40. The molecule has 0 aliphatic heterocycles. The fraction of sp³-hybridized carbons (Fsp3) is 0.0909. The molecule has 0 bridgehead atoms. The van der Waals surface area contributed by atoms with E-state index in [0.717, 1.165) is 5.52 Å². The molecule has 0 aliphatic rings. The normalized spacial score (nSPS) is 9.81. The van der Waals surface area contributed by atoms with E-state index >= 15 is 0 Å². The van der Waals surface area contributed by atoms with Gasteiger partial charge in [0.15, 0.2) is 5.78 Å². The number of benzene rings is 1. The maximum atomic E-state index is 11.4. The number of hydrogen-bond donors (Lipinski definition) is 0. The summed E-state index contributed by atoms with van der Waals surface area (Å²) in [5.41, 5.74) is 9.44. The van der Waals surface area contributed by atoms with Crippen LogP contribution in [-0.4, -0.2) is 16.1 Å². The number of pyridine rings is 1. The third-order valence-electron chi connectivity index (χ3n) is 2.18. The number of nitrogens with one attached hydrogen (secondary N) is 1. The molecule has 0 saturated heterocycles. The minimum atomic E-state index is 0. The maximum Gasteiger partial charge on any atom is 0.173 e. The van der Waals surface area contributed by atoms with Crippen molar-refractivity contribution in [2.24, 2.45) is 0 Å². The molecule has 2 aromatic rings. The number of hydrogen-bond acceptors (Lipinski definition) is 2. The Labute approximate surface area is 125 Å². The molecule has 0 amide bonds. The van der Waals surface area contributed by atoms with Crippen molar-refractivity contribution in [2.75, 3.05) is 5.33 Å². The number of carbonyl (C=O) groups excluding carboxylic acids is 1. The maximum absolute atomic E-state index is 11.4. The Bertz CT molecular complexity index is 530. The van der Waals surface area contributed by atoms with Crippen LogP contribution < -0.4 is 0 Å². The van der Waals surface area contributed by atoms with E-state index in [0.29, 0.717) is 22.0 Å². The van der Waals surface area contributed by atoms with Crippen molar-refractivity contribution < 1.29 is 35.9 Å². The molecule has 0 atom stereocenters. The molecule has 80 valence electrons. The molecule has 0 aliphatic carbocycles. The molecule has 0 spiro atoms. The topological polar surface area (TPSA) is 53.8 Å². The molecule has 2 rings (SSSR count). The van der Waals surface area contributed by atoms with Crippen LogP contribution in [0.25, 0.3) is 16.6 Å². The Morgan fingerprint density at radius 1 is 1.38 bits per heavy atom. The van der Waals surface area contributed by atoms with E-state index in [1.165, 1.54) is 0 Å². The minimum absolute atomic E-state index is 0. The number of Topliss-reactive ketones (excluding diaryl/α,β-unsaturated/α-hetero) is 1. The molecular formula is C11H8BrN2OU-. The summed E-state index contributed by atoms with van der Waals surface area (Å²) in [5.74, 6) is 0.0140. The van der Waals surface area contributed by atoms with Crippen LogP contribution in [0.15, 0.2) is 30.5 Å². The van der Waals surface area contributed by atoms with Gasteiger partial charge in [0.1, 0.15) is 0 Å². The zero-order valence-corrected chi connectivity index (χ0v) is 14.1. The molecule has 0 fully saturated rings. The van der Waals surface area contributed by atoms with Crippen LogP contribution in [-0.2, 0) is 0 Å². The molecule has 1 N–H and O–H groups in total. The van der Waals surface area contributed by atoms with Crippen LogP contribution >= 0.6 is 15.9 Å². The van der Waals surface area contributed by atoms with E-state index in [1.807, 2.05) is 0 Å². The first-order chi connectivity index (χ1) is 7.22. The Morgan fingerprint density at radius 2 is 2.12 bits per heavy atom. The Kier molecular flexibility index (Phi) is 4.97. The van der Waals surface area contributed by atoms with Crippen LogP contribution in [0.2, 0.25) is 0 Å². The summed E-state index contributed by atoms with van der Waals surface area (Å²) in [4.78, 5) is 15.6. The van der Waals surface area contributed by atoms with Gasteiger partial charge in [-0.05, 0) is 23.6 Å². The number of ketones is 1. The molecule has 5 heteroatoms. The van der Waals surface area contributed by atoms with Crippen molar-refractivity contribution >= 4 is 38.3 Å². The van der Waals surface area contributed by atoms with Crippen molar-refractivity contribution in [3.05, 3.63) is 41.8 Å². The van der Waals surface area contributed by atoms with Crippen LogP contribution in [0.3, 0.4) is 0 Å². The van der Waals surface area contributed by atoms with Crippen molar-refractivity contribution in [1.29, 1.82) is 0 Å². The zero-order chi connectivity index (χ0) is 10.8. The van der Waals surface area contributed by atoms with Gasteiger partial charge in [0.25, 0.3) is 0 Å². The number of aromatic nitrogens is 1. The summed E-state index contributed by atoms with van der Waals surface area (Å²) in [5, 5.41) is 1.01. The number of nitrogens with zero attached hydrogens (tertiary/aromatic N) is 1. The third-order valence-corrected chi connectivity index (χ3v) is 2.69. The Hall–Kier alpha value is -0.368. The van der Waals surface area contributed by atoms with Gasteiger partial charge in [0.2, 0.25) is 0 Å². The summed E-state index contributed by atoms with van der Waals surface area (Å²) >= 11 is 3.12. The average Bonchev–Trinajstić information content (AvgIpc) is 2.28. The van der Waals surface area contributed by atoms with Crippen molar-refractivity contribution in [2.45, 2.75) is 0 Å². The number of fused-ring (bicyclic) bond motifs is 1. The van der Waals surface area contributed by atoms with Gasteiger partial charge in [0.05, 0.1) is 10.8 Å². The minimum Gasteiger partial charge on any atom is -0.698 e. The van der Waals surface area contributed by atoms with Crippen LogP contribution in [0.5, 0.6) is 0 Å². The molecule has 1 heterocycles. The second-order valence-electron chi connectivity index (χ2n) is 3.15. The van der Waals surface area contributed by atoms with Gasteiger partial charge >= 0.3 is 0 Å². The van der Waals surface area contributed by atoms with Crippen molar-refractivity contribution in [3.8, 4) is 0 Å². The molecule has 0 saturated carbocycles. The van der Waals surface area contributed by atoms with Gasteiger partial charge in [-0.25, -0.2) is 0 Å². The molecule has 16 heavy (non-hydrogen) atoms. The molecule has 1 aromatic heterocycles. The number of halogens is 1. The van der Waals surface area contributed by atoms with E-state index in [1.54, 1.807) is 30.5 Å². The van der Waals surface area contributed by atoms with Gasteiger partial charge in [-0.2, -0.15) is 0 Å². The van der Waals surface area contributed by atoms with Gasteiger partial charge in [-0.3, -0.25) is 9.78 Å². The standard InChI is InChI=1S/C11H9BrN2O.U/c12-6-11(15)7-1-2-10-8(5-7)9(13)3-4-14-10;/h1-5H,6H2,(H2,13,14,15);/p-1. The average molecular weight is 502 g/mol. The zero-order valence-electron chi connectivity index (χ0n) is 8.33. The molecular weight excluding hydrogens is 494 g/mol. The predicted octanol–water partition coefficient (Wildman–Crippen LogP) is 3.50. The largest absolute Gasteiger partial charge is 0.698 e. The van der Waals surface area contributed by atoms with Crippen LogP contribution in [0, 0.1) is 31.1 Å².